The van der Waals surface area contributed by atoms with Crippen LogP contribution in [0.15, 0.2) is 0 Å². The van der Waals surface area contributed by atoms with Crippen LogP contribution in [-0.2, 0) is 18.4 Å². The van der Waals surface area contributed by atoms with E-state index in [9.17, 15) is 4.79 Å². The number of rotatable bonds is 5. The first-order chi connectivity index (χ1) is 6.18. The van der Waals surface area contributed by atoms with E-state index in [1.165, 1.54) is 4.80 Å². The Bertz CT molecular complexity index is 284. The molecule has 0 fully saturated rings. The molecule has 0 aliphatic rings. The zero-order valence-electron chi connectivity index (χ0n) is 7.27. The molecule has 0 amide bonds. The van der Waals surface area contributed by atoms with Gasteiger partial charge < -0.3 is 10.4 Å². The monoisotopic (exact) mass is 185 g/mol. The van der Waals surface area contributed by atoms with Crippen molar-refractivity contribution in [3.8, 4) is 0 Å². The summed E-state index contributed by atoms with van der Waals surface area (Å²) in [5.41, 5.74) is 0. The Hall–Kier alpha value is -1.50. The lowest BCUT2D eigenvalue weighted by Crippen LogP contribution is -2.18. The number of carbonyl (C=O) groups is 1. The highest BCUT2D eigenvalue weighted by molar-refractivity contribution is 5.66. The lowest BCUT2D eigenvalue weighted by molar-refractivity contribution is -0.136. The van der Waals surface area contributed by atoms with E-state index in [0.29, 0.717) is 18.9 Å². The Labute approximate surface area is 74.7 Å². The van der Waals surface area contributed by atoms with Gasteiger partial charge in [0.2, 0.25) is 0 Å². The molecule has 7 nitrogen and oxygen atoms in total. The normalized spacial score (nSPS) is 10.2. The molecule has 1 aromatic heterocycles. The molecule has 0 saturated heterocycles. The minimum absolute atomic E-state index is 0.0975. The number of tetrazole rings is 1. The molecule has 0 spiro atoms. The number of nitrogens with one attached hydrogen (secondary N) is 1. The third-order valence-electron chi connectivity index (χ3n) is 1.35. The van der Waals surface area contributed by atoms with Gasteiger partial charge in [0.05, 0.1) is 20.0 Å². The van der Waals surface area contributed by atoms with Crippen LogP contribution in [-0.4, -0.2) is 37.8 Å². The summed E-state index contributed by atoms with van der Waals surface area (Å²) >= 11 is 0. The van der Waals surface area contributed by atoms with Gasteiger partial charge in [0.25, 0.3) is 0 Å². The van der Waals surface area contributed by atoms with Crippen LogP contribution in [0.4, 0.5) is 0 Å². The molecule has 0 radical (unpaired) electrons. The zero-order chi connectivity index (χ0) is 9.68. The van der Waals surface area contributed by atoms with Crippen molar-refractivity contribution in [2.45, 2.75) is 13.0 Å². The van der Waals surface area contributed by atoms with Gasteiger partial charge in [0.15, 0.2) is 5.82 Å². The molecular weight excluding hydrogens is 174 g/mol. The maximum atomic E-state index is 10.1. The molecule has 7 heteroatoms. The lowest BCUT2D eigenvalue weighted by Gasteiger charge is -1.96. The van der Waals surface area contributed by atoms with Crippen LogP contribution >= 0.6 is 0 Å². The van der Waals surface area contributed by atoms with E-state index in [1.807, 2.05) is 0 Å². The van der Waals surface area contributed by atoms with Crippen molar-refractivity contribution in [2.24, 2.45) is 7.05 Å². The molecule has 1 rings (SSSR count). The summed E-state index contributed by atoms with van der Waals surface area (Å²) in [5.74, 6) is -0.257. The predicted molar refractivity (Wildman–Crippen MR) is 42.8 cm³/mol. The van der Waals surface area contributed by atoms with Crippen molar-refractivity contribution in [1.82, 2.24) is 25.5 Å². The standard InChI is InChI=1S/C6H11N5O2/c1-11-9-5(8-10-11)4-7-3-2-6(12)13/h7H,2-4H2,1H3,(H,12,13). The van der Waals surface area contributed by atoms with Crippen LogP contribution in [0.25, 0.3) is 0 Å². The highest BCUT2D eigenvalue weighted by Gasteiger charge is 2.00. The molecule has 1 aromatic rings. The van der Waals surface area contributed by atoms with Gasteiger partial charge in [-0.05, 0) is 5.21 Å². The number of aromatic nitrogens is 4. The first-order valence-electron chi connectivity index (χ1n) is 3.84. The number of hydrogen-bond acceptors (Lipinski definition) is 5. The first-order valence-corrected chi connectivity index (χ1v) is 3.84. The average Bonchev–Trinajstić information content (AvgIpc) is 2.45. The largest absolute Gasteiger partial charge is 0.481 e. The summed E-state index contributed by atoms with van der Waals surface area (Å²) in [4.78, 5) is 11.5. The smallest absolute Gasteiger partial charge is 0.304 e. The second-order valence-electron chi connectivity index (χ2n) is 2.52. The van der Waals surface area contributed by atoms with Crippen molar-refractivity contribution in [1.29, 1.82) is 0 Å². The number of hydrogen-bond donors (Lipinski definition) is 2. The number of nitrogens with zero attached hydrogens (tertiary/aromatic N) is 4. The SMILES string of the molecule is Cn1nnc(CNCCC(=O)O)n1. The van der Waals surface area contributed by atoms with E-state index in [0.717, 1.165) is 0 Å². The van der Waals surface area contributed by atoms with Crippen molar-refractivity contribution >= 4 is 5.97 Å². The van der Waals surface area contributed by atoms with Crippen LogP contribution in [0.3, 0.4) is 0 Å². The third kappa shape index (κ3) is 3.61. The van der Waals surface area contributed by atoms with E-state index in [-0.39, 0.29) is 6.42 Å². The molecule has 2 N–H and O–H groups in total. The van der Waals surface area contributed by atoms with Crippen molar-refractivity contribution in [3.63, 3.8) is 0 Å². The van der Waals surface area contributed by atoms with Gasteiger partial charge in [-0.3, -0.25) is 4.79 Å². The first kappa shape index (κ1) is 9.59. The summed E-state index contributed by atoms with van der Waals surface area (Å²) in [6.45, 7) is 0.856. The van der Waals surface area contributed by atoms with E-state index < -0.39 is 5.97 Å². The molecular formula is C6H11N5O2. The van der Waals surface area contributed by atoms with Crippen LogP contribution in [0.1, 0.15) is 12.2 Å². The number of carboxylic acid groups (broad SMARTS) is 1. The minimum atomic E-state index is -0.820. The van der Waals surface area contributed by atoms with Crippen molar-refractivity contribution in [3.05, 3.63) is 5.82 Å². The third-order valence-corrected chi connectivity index (χ3v) is 1.35. The van der Waals surface area contributed by atoms with Gasteiger partial charge in [-0.2, -0.15) is 4.80 Å². The van der Waals surface area contributed by atoms with Crippen LogP contribution in [0.5, 0.6) is 0 Å². The highest BCUT2D eigenvalue weighted by atomic mass is 16.4. The van der Waals surface area contributed by atoms with Gasteiger partial charge in [-0.1, -0.05) is 0 Å². The fourth-order valence-electron chi connectivity index (χ4n) is 0.790. The quantitative estimate of drug-likeness (QED) is 0.558. The Balaban J connectivity index is 2.16. The minimum Gasteiger partial charge on any atom is -0.481 e. The molecule has 0 bridgehead atoms. The van der Waals surface area contributed by atoms with Crippen molar-refractivity contribution in [2.75, 3.05) is 6.54 Å². The van der Waals surface area contributed by atoms with Crippen LogP contribution < -0.4 is 5.32 Å². The summed E-state index contributed by atoms with van der Waals surface area (Å²) in [6.07, 6.45) is 0.0975. The predicted octanol–water partition coefficient (Wildman–Crippen LogP) is -1.23. The number of aryl methyl sites for hydroxylation is 1. The second-order valence-corrected chi connectivity index (χ2v) is 2.52. The Morgan fingerprint density at radius 3 is 3.00 bits per heavy atom. The molecule has 1 heterocycles. The van der Waals surface area contributed by atoms with Crippen molar-refractivity contribution < 1.29 is 9.90 Å². The van der Waals surface area contributed by atoms with E-state index in [1.54, 1.807) is 7.05 Å². The average molecular weight is 185 g/mol. The van der Waals surface area contributed by atoms with E-state index >= 15 is 0 Å². The van der Waals surface area contributed by atoms with Gasteiger partial charge in [-0.15, -0.1) is 10.2 Å². The van der Waals surface area contributed by atoms with Gasteiger partial charge in [0, 0.05) is 6.54 Å². The maximum Gasteiger partial charge on any atom is 0.304 e. The summed E-state index contributed by atoms with van der Waals surface area (Å²) in [5, 5.41) is 22.5. The number of aliphatic carboxylic acids is 1. The van der Waals surface area contributed by atoms with Gasteiger partial charge in [-0.25, -0.2) is 0 Å². The van der Waals surface area contributed by atoms with Crippen LogP contribution in [0, 0.1) is 0 Å². The Morgan fingerprint density at radius 1 is 1.69 bits per heavy atom. The molecule has 72 valence electrons. The van der Waals surface area contributed by atoms with Gasteiger partial charge >= 0.3 is 5.97 Å². The topological polar surface area (TPSA) is 92.9 Å². The molecule has 0 aromatic carbocycles. The van der Waals surface area contributed by atoms with E-state index in [4.69, 9.17) is 5.11 Å². The molecule has 0 atom stereocenters. The fourth-order valence-corrected chi connectivity index (χ4v) is 0.790. The zero-order valence-corrected chi connectivity index (χ0v) is 7.27. The summed E-state index contributed by atoms with van der Waals surface area (Å²) in [7, 11) is 1.67. The molecule has 0 unspecified atom stereocenters. The Kier molecular flexibility index (Phi) is 3.32. The fraction of sp³-hybridized carbons (Fsp3) is 0.667. The molecule has 13 heavy (non-hydrogen) atoms. The Morgan fingerprint density at radius 2 is 2.46 bits per heavy atom. The highest BCUT2D eigenvalue weighted by Crippen LogP contribution is 1.84. The second kappa shape index (κ2) is 4.51. The lowest BCUT2D eigenvalue weighted by atomic mass is 10.4. The van der Waals surface area contributed by atoms with Crippen LogP contribution in [0.2, 0.25) is 0 Å². The molecule has 0 saturated carbocycles. The molecule has 0 aliphatic carbocycles. The maximum absolute atomic E-state index is 10.1. The van der Waals surface area contributed by atoms with E-state index in [2.05, 4.69) is 20.7 Å². The number of carboxylic acids is 1. The summed E-state index contributed by atoms with van der Waals surface area (Å²) < 4.78 is 0. The summed E-state index contributed by atoms with van der Waals surface area (Å²) in [6, 6.07) is 0. The molecule has 0 aliphatic heterocycles. The van der Waals surface area contributed by atoms with Gasteiger partial charge in [0.1, 0.15) is 0 Å².